The number of nitrogens with zero attached hydrogens (tertiary/aromatic N) is 1. The molecule has 1 amide bonds. The van der Waals surface area contributed by atoms with E-state index in [-0.39, 0.29) is 17.3 Å². The lowest BCUT2D eigenvalue weighted by atomic mass is 10.1. The number of halogens is 1. The Morgan fingerprint density at radius 2 is 1.82 bits per heavy atom. The number of carbonyl (C=O) groups is 2. The van der Waals surface area contributed by atoms with Crippen LogP contribution in [0.25, 0.3) is 0 Å². The van der Waals surface area contributed by atoms with Crippen molar-refractivity contribution in [2.75, 3.05) is 14.2 Å². The maximum absolute atomic E-state index is 12.4. The van der Waals surface area contributed by atoms with Gasteiger partial charge < -0.3 is 19.5 Å². The Morgan fingerprint density at radius 1 is 1.14 bits per heavy atom. The van der Waals surface area contributed by atoms with Gasteiger partial charge in [-0.15, -0.1) is 0 Å². The normalized spacial score (nSPS) is 11.5. The van der Waals surface area contributed by atoms with Gasteiger partial charge in [0.15, 0.2) is 17.6 Å². The summed E-state index contributed by atoms with van der Waals surface area (Å²) in [6.45, 7) is 5.25. The Morgan fingerprint density at radius 3 is 2.43 bits per heavy atom. The highest BCUT2D eigenvalue weighted by molar-refractivity contribution is 6.32. The lowest BCUT2D eigenvalue weighted by Crippen LogP contribution is -2.35. The fourth-order valence-electron chi connectivity index (χ4n) is 2.63. The van der Waals surface area contributed by atoms with Crippen molar-refractivity contribution in [1.82, 2.24) is 10.3 Å². The molecule has 2 aromatic rings. The van der Waals surface area contributed by atoms with Crippen molar-refractivity contribution in [2.45, 2.75) is 33.4 Å². The average molecular weight is 407 g/mol. The largest absolute Gasteiger partial charge is 0.493 e. The summed E-state index contributed by atoms with van der Waals surface area (Å²) in [5.74, 6) is 0.0327. The molecule has 28 heavy (non-hydrogen) atoms. The molecule has 0 spiro atoms. The Balaban J connectivity index is 1.99. The average Bonchev–Trinajstić information content (AvgIpc) is 2.64. The molecule has 1 heterocycles. The molecule has 7 nitrogen and oxygen atoms in total. The highest BCUT2D eigenvalue weighted by Gasteiger charge is 2.23. The number of amides is 1. The van der Waals surface area contributed by atoms with Gasteiger partial charge in [0, 0.05) is 12.2 Å². The minimum atomic E-state index is -0.996. The smallest absolute Gasteiger partial charge is 0.342 e. The number of methoxy groups -OCH3 is 2. The van der Waals surface area contributed by atoms with Gasteiger partial charge in [-0.1, -0.05) is 17.7 Å². The molecular weight excluding hydrogens is 384 g/mol. The molecular formula is C20H23ClN2O5. The third-order valence-electron chi connectivity index (χ3n) is 4.07. The van der Waals surface area contributed by atoms with E-state index in [4.69, 9.17) is 25.8 Å². The number of nitrogens with one attached hydrogen (secondary N) is 1. The monoisotopic (exact) mass is 406 g/mol. The molecule has 0 aliphatic carbocycles. The van der Waals surface area contributed by atoms with E-state index in [1.165, 1.54) is 14.0 Å². The van der Waals surface area contributed by atoms with Crippen LogP contribution in [-0.2, 0) is 16.1 Å². The lowest BCUT2D eigenvalue weighted by Gasteiger charge is -2.15. The maximum atomic E-state index is 12.4. The molecule has 0 saturated carbocycles. The number of esters is 1. The summed E-state index contributed by atoms with van der Waals surface area (Å²) in [7, 11) is 3.08. The number of benzene rings is 1. The fraction of sp³-hybridized carbons (Fsp3) is 0.350. The topological polar surface area (TPSA) is 86.8 Å². The number of carbonyl (C=O) groups excluding carboxylic acids is 2. The van der Waals surface area contributed by atoms with Crippen LogP contribution >= 0.6 is 11.6 Å². The third kappa shape index (κ3) is 5.13. The molecule has 0 aliphatic heterocycles. The molecule has 1 aromatic carbocycles. The zero-order valence-corrected chi connectivity index (χ0v) is 17.2. The predicted octanol–water partition coefficient (Wildman–Crippen LogP) is 3.23. The third-order valence-corrected chi connectivity index (χ3v) is 4.35. The van der Waals surface area contributed by atoms with Crippen molar-refractivity contribution >= 4 is 23.5 Å². The van der Waals surface area contributed by atoms with Crippen molar-refractivity contribution in [3.8, 4) is 11.5 Å². The van der Waals surface area contributed by atoms with E-state index in [2.05, 4.69) is 10.3 Å². The van der Waals surface area contributed by atoms with Crippen molar-refractivity contribution in [2.24, 2.45) is 0 Å². The lowest BCUT2D eigenvalue weighted by molar-refractivity contribution is -0.129. The number of hydrogen-bond donors (Lipinski definition) is 1. The van der Waals surface area contributed by atoms with Crippen LogP contribution in [0.3, 0.4) is 0 Å². The van der Waals surface area contributed by atoms with Crippen LogP contribution in [-0.4, -0.2) is 37.2 Å². The molecule has 0 fully saturated rings. The predicted molar refractivity (Wildman–Crippen MR) is 105 cm³/mol. The van der Waals surface area contributed by atoms with Gasteiger partial charge in [0.2, 0.25) is 0 Å². The molecule has 0 unspecified atom stereocenters. The first-order valence-corrected chi connectivity index (χ1v) is 8.98. The Labute approximate surface area is 169 Å². The summed E-state index contributed by atoms with van der Waals surface area (Å²) in [4.78, 5) is 28.7. The van der Waals surface area contributed by atoms with Gasteiger partial charge >= 0.3 is 5.97 Å². The van der Waals surface area contributed by atoms with Crippen LogP contribution in [0.2, 0.25) is 5.15 Å². The number of ether oxygens (including phenoxy) is 3. The molecule has 0 saturated heterocycles. The second kappa shape index (κ2) is 9.41. The van der Waals surface area contributed by atoms with Gasteiger partial charge in [0.1, 0.15) is 5.15 Å². The Bertz CT molecular complexity index is 862. The quantitative estimate of drug-likeness (QED) is 0.561. The molecule has 1 N–H and O–H groups in total. The zero-order valence-electron chi connectivity index (χ0n) is 16.5. The van der Waals surface area contributed by atoms with Crippen molar-refractivity contribution in [3.63, 3.8) is 0 Å². The molecule has 1 atom stereocenters. The van der Waals surface area contributed by atoms with Gasteiger partial charge in [0.05, 0.1) is 19.8 Å². The van der Waals surface area contributed by atoms with Gasteiger partial charge in [-0.3, -0.25) is 4.79 Å². The van der Waals surface area contributed by atoms with Crippen molar-refractivity contribution in [1.29, 1.82) is 0 Å². The standard InChI is InChI=1S/C20H23ClN2O5/c1-11-8-12(2)23-18(21)17(11)20(25)28-13(3)19(24)22-10-14-6-7-15(26-4)16(9-14)27-5/h6-9,13H,10H2,1-5H3,(H,22,24)/t13-/m0/s1. The van der Waals surface area contributed by atoms with Gasteiger partial charge in [0.25, 0.3) is 5.91 Å². The SMILES string of the molecule is COc1ccc(CNC(=O)[C@H](C)OC(=O)c2c(C)cc(C)nc2Cl)cc1OC. The highest BCUT2D eigenvalue weighted by atomic mass is 35.5. The molecule has 0 bridgehead atoms. The molecule has 0 aliphatic rings. The van der Waals surface area contributed by atoms with Gasteiger partial charge in [-0.25, -0.2) is 9.78 Å². The number of aryl methyl sites for hydroxylation is 2. The highest BCUT2D eigenvalue weighted by Crippen LogP contribution is 2.27. The summed E-state index contributed by atoms with van der Waals surface area (Å²) in [5, 5.41) is 2.78. The summed E-state index contributed by atoms with van der Waals surface area (Å²) < 4.78 is 15.7. The van der Waals surface area contributed by atoms with E-state index >= 15 is 0 Å². The summed E-state index contributed by atoms with van der Waals surface area (Å²) in [6.07, 6.45) is -0.996. The van der Waals surface area contributed by atoms with Crippen LogP contribution in [0.4, 0.5) is 0 Å². The second-order valence-corrected chi connectivity index (χ2v) is 6.56. The van der Waals surface area contributed by atoms with E-state index in [1.54, 1.807) is 45.2 Å². The van der Waals surface area contributed by atoms with Crippen LogP contribution in [0.5, 0.6) is 11.5 Å². The number of hydrogen-bond acceptors (Lipinski definition) is 6. The number of pyridine rings is 1. The first-order valence-electron chi connectivity index (χ1n) is 8.60. The van der Waals surface area contributed by atoms with Crippen LogP contribution in [0.1, 0.15) is 34.1 Å². The first-order chi connectivity index (χ1) is 13.3. The van der Waals surface area contributed by atoms with Crippen LogP contribution < -0.4 is 14.8 Å². The van der Waals surface area contributed by atoms with E-state index < -0.39 is 18.0 Å². The second-order valence-electron chi connectivity index (χ2n) is 6.20. The summed E-state index contributed by atoms with van der Waals surface area (Å²) >= 11 is 6.05. The molecule has 0 radical (unpaired) electrons. The van der Waals surface area contributed by atoms with E-state index in [9.17, 15) is 9.59 Å². The summed E-state index contributed by atoms with van der Waals surface area (Å²) in [6, 6.07) is 7.04. The fourth-order valence-corrected chi connectivity index (χ4v) is 2.99. The maximum Gasteiger partial charge on any atom is 0.342 e. The van der Waals surface area contributed by atoms with E-state index in [1.807, 2.05) is 0 Å². The Hall–Kier alpha value is -2.80. The van der Waals surface area contributed by atoms with Crippen molar-refractivity contribution < 1.29 is 23.8 Å². The van der Waals surface area contributed by atoms with Crippen molar-refractivity contribution in [3.05, 3.63) is 51.8 Å². The molecule has 8 heteroatoms. The molecule has 1 aromatic heterocycles. The molecule has 150 valence electrons. The number of rotatable bonds is 7. The van der Waals surface area contributed by atoms with Crippen LogP contribution in [0, 0.1) is 13.8 Å². The Kier molecular flexibility index (Phi) is 7.23. The van der Waals surface area contributed by atoms with Gasteiger partial charge in [-0.2, -0.15) is 0 Å². The van der Waals surface area contributed by atoms with E-state index in [0.717, 1.165) is 5.56 Å². The first kappa shape index (κ1) is 21.5. The number of aromatic nitrogens is 1. The van der Waals surface area contributed by atoms with E-state index in [0.29, 0.717) is 22.8 Å². The molecule has 2 rings (SSSR count). The zero-order chi connectivity index (χ0) is 20.8. The minimum Gasteiger partial charge on any atom is -0.493 e. The van der Waals surface area contributed by atoms with Gasteiger partial charge in [-0.05, 0) is 50.1 Å². The minimum absolute atomic E-state index is 0.0560. The van der Waals surface area contributed by atoms with Crippen LogP contribution in [0.15, 0.2) is 24.3 Å². The summed E-state index contributed by atoms with van der Waals surface area (Å²) in [5.41, 5.74) is 2.30.